The number of hydrogen-bond donors (Lipinski definition) is 0. The van der Waals surface area contributed by atoms with Gasteiger partial charge >= 0.3 is 0 Å². The Bertz CT molecular complexity index is 178. The normalized spacial score (nSPS) is 12.2. The third-order valence-corrected chi connectivity index (χ3v) is 0.732. The van der Waals surface area contributed by atoms with Crippen LogP contribution in [0.2, 0.25) is 0 Å². The van der Waals surface area contributed by atoms with E-state index >= 15 is 0 Å². The zero-order valence-corrected chi connectivity index (χ0v) is 6.24. The number of carbonyl (C=O) groups excluding carboxylic acids is 1. The maximum Gasteiger partial charge on any atom is 0.170 e. The zero-order chi connectivity index (χ0) is 7.82. The van der Waals surface area contributed by atoms with Crippen LogP contribution >= 0.6 is 0 Å². The van der Waals surface area contributed by atoms with Crippen molar-refractivity contribution >= 4 is 12.0 Å². The van der Waals surface area contributed by atoms with Gasteiger partial charge in [-0.15, -0.1) is 0 Å². The highest BCUT2D eigenvalue weighted by Crippen LogP contribution is 1.76. The van der Waals surface area contributed by atoms with Gasteiger partial charge in [-0.2, -0.15) is 0 Å². The fourth-order valence-electron chi connectivity index (χ4n) is 0.358. The SMILES string of the molecule is C/C=C\C=C/N=CC(C)=O. The summed E-state index contributed by atoms with van der Waals surface area (Å²) in [6, 6.07) is 0. The summed E-state index contributed by atoms with van der Waals surface area (Å²) in [6.45, 7) is 3.38. The molecule has 0 unspecified atom stereocenters. The van der Waals surface area contributed by atoms with E-state index in [-0.39, 0.29) is 5.78 Å². The quantitative estimate of drug-likeness (QED) is 0.430. The Balaban J connectivity index is 3.62. The molecular formula is C8H11NO. The lowest BCUT2D eigenvalue weighted by molar-refractivity contribution is -0.110. The van der Waals surface area contributed by atoms with Crippen LogP contribution in [0.3, 0.4) is 0 Å². The van der Waals surface area contributed by atoms with Crippen LogP contribution in [0.5, 0.6) is 0 Å². The summed E-state index contributed by atoms with van der Waals surface area (Å²) in [5, 5.41) is 0. The predicted molar refractivity (Wildman–Crippen MR) is 43.1 cm³/mol. The lowest BCUT2D eigenvalue weighted by atomic mass is 10.5. The molecule has 0 aliphatic rings. The number of ketones is 1. The van der Waals surface area contributed by atoms with Crippen LogP contribution in [0.4, 0.5) is 0 Å². The van der Waals surface area contributed by atoms with E-state index in [1.54, 1.807) is 12.3 Å². The molecule has 0 aliphatic heterocycles. The summed E-state index contributed by atoms with van der Waals surface area (Å²) in [4.78, 5) is 14.0. The second kappa shape index (κ2) is 5.95. The van der Waals surface area contributed by atoms with Gasteiger partial charge in [0, 0.05) is 13.1 Å². The van der Waals surface area contributed by atoms with Crippen molar-refractivity contribution in [1.82, 2.24) is 0 Å². The average Bonchev–Trinajstić information content (AvgIpc) is 1.87. The van der Waals surface area contributed by atoms with Crippen molar-refractivity contribution in [3.05, 3.63) is 24.4 Å². The Kier molecular flexibility index (Phi) is 5.25. The largest absolute Gasteiger partial charge is 0.293 e. The van der Waals surface area contributed by atoms with Gasteiger partial charge in [-0.1, -0.05) is 12.2 Å². The third kappa shape index (κ3) is 6.82. The van der Waals surface area contributed by atoms with Crippen LogP contribution in [0, 0.1) is 0 Å². The van der Waals surface area contributed by atoms with Crippen molar-refractivity contribution in [3.8, 4) is 0 Å². The number of nitrogens with zero attached hydrogens (tertiary/aromatic N) is 1. The maximum atomic E-state index is 10.3. The van der Waals surface area contributed by atoms with E-state index in [2.05, 4.69) is 4.99 Å². The number of Topliss-reactive ketones (excluding diaryl/α,β-unsaturated/α-hetero) is 1. The number of carbonyl (C=O) groups is 1. The molecule has 0 aromatic rings. The molecule has 0 fully saturated rings. The van der Waals surface area contributed by atoms with Gasteiger partial charge in [-0.3, -0.25) is 9.79 Å². The summed E-state index contributed by atoms with van der Waals surface area (Å²) in [7, 11) is 0. The van der Waals surface area contributed by atoms with Crippen molar-refractivity contribution in [2.45, 2.75) is 13.8 Å². The topological polar surface area (TPSA) is 29.4 Å². The van der Waals surface area contributed by atoms with Gasteiger partial charge in [0.15, 0.2) is 5.78 Å². The van der Waals surface area contributed by atoms with E-state index in [4.69, 9.17) is 0 Å². The third-order valence-electron chi connectivity index (χ3n) is 0.732. The molecule has 0 N–H and O–H groups in total. The van der Waals surface area contributed by atoms with E-state index in [1.165, 1.54) is 13.1 Å². The molecule has 0 spiro atoms. The Morgan fingerprint density at radius 2 is 2.10 bits per heavy atom. The van der Waals surface area contributed by atoms with Crippen molar-refractivity contribution in [3.63, 3.8) is 0 Å². The Labute approximate surface area is 61.0 Å². The highest BCUT2D eigenvalue weighted by molar-refractivity contribution is 6.26. The minimum absolute atomic E-state index is 0.0369. The first-order chi connectivity index (χ1) is 4.77. The Morgan fingerprint density at radius 1 is 1.40 bits per heavy atom. The molecule has 0 aromatic heterocycles. The number of aliphatic imine (C=N–C) groups is 1. The molecule has 54 valence electrons. The van der Waals surface area contributed by atoms with E-state index in [9.17, 15) is 4.79 Å². The van der Waals surface area contributed by atoms with E-state index < -0.39 is 0 Å². The second-order valence-corrected chi connectivity index (χ2v) is 1.76. The van der Waals surface area contributed by atoms with Gasteiger partial charge in [0.2, 0.25) is 0 Å². The highest BCUT2D eigenvalue weighted by atomic mass is 16.1. The Morgan fingerprint density at radius 3 is 2.60 bits per heavy atom. The van der Waals surface area contributed by atoms with Crippen molar-refractivity contribution in [1.29, 1.82) is 0 Å². The van der Waals surface area contributed by atoms with E-state index in [1.807, 2.05) is 19.1 Å². The number of rotatable bonds is 3. The first-order valence-electron chi connectivity index (χ1n) is 3.09. The van der Waals surface area contributed by atoms with Crippen molar-refractivity contribution < 1.29 is 4.79 Å². The van der Waals surface area contributed by atoms with Crippen molar-refractivity contribution in [2.24, 2.45) is 4.99 Å². The minimum atomic E-state index is -0.0369. The van der Waals surface area contributed by atoms with Crippen LogP contribution in [0.25, 0.3) is 0 Å². The van der Waals surface area contributed by atoms with Crippen LogP contribution < -0.4 is 0 Å². The summed E-state index contributed by atoms with van der Waals surface area (Å²) in [6.07, 6.45) is 8.35. The molecule has 2 heteroatoms. The first-order valence-corrected chi connectivity index (χ1v) is 3.09. The highest BCUT2D eigenvalue weighted by Gasteiger charge is 1.76. The van der Waals surface area contributed by atoms with Gasteiger partial charge < -0.3 is 0 Å². The van der Waals surface area contributed by atoms with Gasteiger partial charge in [0.1, 0.15) is 0 Å². The molecule has 0 aromatic carbocycles. The van der Waals surface area contributed by atoms with Crippen molar-refractivity contribution in [2.75, 3.05) is 0 Å². The molecule has 0 heterocycles. The van der Waals surface area contributed by atoms with E-state index in [0.29, 0.717) is 0 Å². The predicted octanol–water partition coefficient (Wildman–Crippen LogP) is 1.74. The average molecular weight is 137 g/mol. The summed E-state index contributed by atoms with van der Waals surface area (Å²) < 4.78 is 0. The molecule has 10 heavy (non-hydrogen) atoms. The molecule has 0 aliphatic carbocycles. The monoisotopic (exact) mass is 137 g/mol. The minimum Gasteiger partial charge on any atom is -0.293 e. The lowest BCUT2D eigenvalue weighted by Gasteiger charge is -1.74. The summed E-state index contributed by atoms with van der Waals surface area (Å²) in [5.41, 5.74) is 0. The van der Waals surface area contributed by atoms with Gasteiger partial charge in [-0.25, -0.2) is 0 Å². The smallest absolute Gasteiger partial charge is 0.170 e. The van der Waals surface area contributed by atoms with Crippen LogP contribution in [-0.4, -0.2) is 12.0 Å². The Hall–Kier alpha value is -1.18. The lowest BCUT2D eigenvalue weighted by Crippen LogP contribution is -1.87. The van der Waals surface area contributed by atoms with Gasteiger partial charge in [0.25, 0.3) is 0 Å². The van der Waals surface area contributed by atoms with Crippen LogP contribution in [0.15, 0.2) is 29.4 Å². The molecule has 0 rings (SSSR count). The first kappa shape index (κ1) is 8.82. The molecule has 0 bridgehead atoms. The van der Waals surface area contributed by atoms with Gasteiger partial charge in [0.05, 0.1) is 6.21 Å². The van der Waals surface area contributed by atoms with Crippen LogP contribution in [-0.2, 0) is 4.79 Å². The molecule has 0 amide bonds. The van der Waals surface area contributed by atoms with E-state index in [0.717, 1.165) is 0 Å². The molecule has 0 saturated heterocycles. The summed E-state index contributed by atoms with van der Waals surface area (Å²) >= 11 is 0. The fourth-order valence-corrected chi connectivity index (χ4v) is 0.358. The van der Waals surface area contributed by atoms with Crippen LogP contribution in [0.1, 0.15) is 13.8 Å². The molecule has 0 atom stereocenters. The van der Waals surface area contributed by atoms with Gasteiger partial charge in [-0.05, 0) is 13.0 Å². The fraction of sp³-hybridized carbons (Fsp3) is 0.250. The maximum absolute atomic E-state index is 10.3. The zero-order valence-electron chi connectivity index (χ0n) is 6.24. The molecule has 0 saturated carbocycles. The molecule has 2 nitrogen and oxygen atoms in total. The number of allylic oxidation sites excluding steroid dienone is 3. The summed E-state index contributed by atoms with van der Waals surface area (Å²) in [5.74, 6) is -0.0369. The standard InChI is InChI=1S/C8H11NO/c1-3-4-5-6-9-7-8(2)10/h3-7H,1-2H3/b4-3-,6-5-,9-7?. The molecular weight excluding hydrogens is 126 g/mol. The number of hydrogen-bond acceptors (Lipinski definition) is 2. The second-order valence-electron chi connectivity index (χ2n) is 1.76. The molecule has 0 radical (unpaired) electrons.